The Labute approximate surface area is 322 Å². The quantitative estimate of drug-likeness (QED) is 0.0728. The predicted octanol–water partition coefficient (Wildman–Crippen LogP) is -10.3. The number of aliphatic hydroxyl groups excluding tert-OH is 13. The van der Waals surface area contributed by atoms with E-state index in [1.165, 1.54) is 0 Å². The summed E-state index contributed by atoms with van der Waals surface area (Å²) in [4.78, 5) is 36.9. The van der Waals surface area contributed by atoms with Crippen LogP contribution in [0, 0.1) is 0 Å². The molecule has 2 amide bonds. The highest BCUT2D eigenvalue weighted by Crippen LogP contribution is 2.38. The average molecular weight is 837 g/mol. The van der Waals surface area contributed by atoms with Crippen molar-refractivity contribution in [1.82, 2.24) is 10.6 Å². The summed E-state index contributed by atoms with van der Waals surface area (Å²) in [5.74, 6) is -6.74. The Balaban J connectivity index is 1.62. The fourth-order valence-electron chi connectivity index (χ4n) is 7.04. The zero-order valence-corrected chi connectivity index (χ0v) is 30.4. The summed E-state index contributed by atoms with van der Waals surface area (Å²) in [6.45, 7) is -1.94. The van der Waals surface area contributed by atoms with Crippen molar-refractivity contribution < 1.29 is 119 Å². The summed E-state index contributed by atoms with van der Waals surface area (Å²) in [6.07, 6.45) is -36.1. The summed E-state index contributed by atoms with van der Waals surface area (Å²) in [5, 5.41) is 151. The van der Waals surface area contributed by atoms with Crippen LogP contribution in [0.25, 0.3) is 0 Å². The molecule has 4 aliphatic rings. The molecule has 0 bridgehead atoms. The smallest absolute Gasteiger partial charge is 0.364 e. The third-order valence-corrected chi connectivity index (χ3v) is 9.98. The molecule has 0 aromatic carbocycles. The van der Waals surface area contributed by atoms with Crippen LogP contribution in [0.2, 0.25) is 0 Å². The summed E-state index contributed by atoms with van der Waals surface area (Å²) in [7, 11) is 0. The van der Waals surface area contributed by atoms with Gasteiger partial charge in [0.05, 0.1) is 38.6 Å². The molecular formula is C31H52N2O24. The Bertz CT molecular complexity index is 1350. The van der Waals surface area contributed by atoms with Gasteiger partial charge in [-0.25, -0.2) is 4.79 Å². The number of amides is 2. The standard InChI is InChI=1S/C31H52N2O24/c1-8(38)32-15-10(40)3-31(30(49)50,56-24(15)17(42)11(41)4-34)57-25-19(44)13(6-36)52-29(22(25)47)54-23-14(7-37)53-28(16(20(23)45)33-9(2)39)55-26-21(46)18(43)12(5-35)51-27(26)48/h10-29,34-37,40-48H,3-7H2,1-2H3,(H,32,38)(H,33,39)(H,49,50)/t10-,11+,12+,13+,14+,15+,16+,17+,18+,19-,20+,21-,22+,23+,24+,25-,26-,27+,28-,29-,31-/m0/s1. The van der Waals surface area contributed by atoms with Gasteiger partial charge in [-0.05, 0) is 0 Å². The van der Waals surface area contributed by atoms with Gasteiger partial charge < -0.3 is 115 Å². The lowest BCUT2D eigenvalue weighted by Gasteiger charge is -2.51. The van der Waals surface area contributed by atoms with Crippen LogP contribution in [0.5, 0.6) is 0 Å². The van der Waals surface area contributed by atoms with Crippen LogP contribution in [0.15, 0.2) is 0 Å². The maximum atomic E-state index is 12.8. The average Bonchev–Trinajstić information content (AvgIpc) is 3.16. The normalized spacial score (nSPS) is 45.1. The zero-order valence-electron chi connectivity index (χ0n) is 30.4. The van der Waals surface area contributed by atoms with E-state index in [2.05, 4.69) is 10.6 Å². The Kier molecular flexibility index (Phi) is 16.4. The van der Waals surface area contributed by atoms with Gasteiger partial charge in [0.2, 0.25) is 11.8 Å². The van der Waals surface area contributed by atoms with E-state index in [0.29, 0.717) is 0 Å². The number of carbonyl (C=O) groups is 3. The van der Waals surface area contributed by atoms with E-state index < -0.39 is 179 Å². The number of carboxylic acids is 1. The van der Waals surface area contributed by atoms with Gasteiger partial charge in [0, 0.05) is 20.3 Å². The first-order chi connectivity index (χ1) is 26.7. The van der Waals surface area contributed by atoms with Gasteiger partial charge in [0.15, 0.2) is 18.9 Å². The molecule has 0 spiro atoms. The zero-order chi connectivity index (χ0) is 42.7. The van der Waals surface area contributed by atoms with Crippen LogP contribution in [0.3, 0.4) is 0 Å². The predicted molar refractivity (Wildman–Crippen MR) is 174 cm³/mol. The summed E-state index contributed by atoms with van der Waals surface area (Å²) >= 11 is 0. The molecule has 0 aromatic heterocycles. The number of nitrogens with one attached hydrogen (secondary N) is 2. The molecule has 21 atom stereocenters. The number of ether oxygens (including phenoxy) is 7. The number of aliphatic hydroxyl groups is 13. The lowest BCUT2D eigenvalue weighted by molar-refractivity contribution is -0.387. The molecular weight excluding hydrogens is 784 g/mol. The summed E-state index contributed by atoms with van der Waals surface area (Å²) < 4.78 is 38.9. The van der Waals surface area contributed by atoms with Gasteiger partial charge in [-0.3, -0.25) is 9.59 Å². The second-order valence-corrected chi connectivity index (χ2v) is 14.0. The number of hydrogen-bond donors (Lipinski definition) is 16. The van der Waals surface area contributed by atoms with Crippen LogP contribution in [-0.4, -0.2) is 244 Å². The summed E-state index contributed by atoms with van der Waals surface area (Å²) in [5.41, 5.74) is 0. The SMILES string of the molecule is CC(=O)N[C@H]1[C@H](O[C@H]2[C@@H](O)[C@H](O)[C@@H](CO)O[C@H]2O)O[C@H](CO)[C@@H](O[C@@H]2O[C@H](CO)[C@H](O)[C@H](O[C@]3(C(=O)O)C[C@H](O)[C@@H](NC(C)=O)[C@H]([C@H](O)[C@H](O)CO)O3)[C@H]2O)[C@@H]1O. The number of rotatable bonds is 15. The molecule has 26 nitrogen and oxygen atoms in total. The summed E-state index contributed by atoms with van der Waals surface area (Å²) in [6, 6.07) is -3.30. The molecule has 0 unspecified atom stereocenters. The van der Waals surface area contributed by atoms with Crippen molar-refractivity contribution in [2.24, 2.45) is 0 Å². The van der Waals surface area contributed by atoms with E-state index in [1.54, 1.807) is 0 Å². The van der Waals surface area contributed by atoms with E-state index in [0.717, 1.165) is 13.8 Å². The van der Waals surface area contributed by atoms with Gasteiger partial charge in [0.1, 0.15) is 91.5 Å². The molecule has 16 N–H and O–H groups in total. The maximum Gasteiger partial charge on any atom is 0.364 e. The highest BCUT2D eigenvalue weighted by atomic mass is 16.8. The van der Waals surface area contributed by atoms with Crippen molar-refractivity contribution >= 4 is 17.8 Å². The van der Waals surface area contributed by atoms with Gasteiger partial charge in [-0.15, -0.1) is 0 Å². The molecule has 4 aliphatic heterocycles. The number of carbonyl (C=O) groups excluding carboxylic acids is 2. The third kappa shape index (κ3) is 10.2. The minimum absolute atomic E-state index is 0.787. The van der Waals surface area contributed by atoms with Crippen LogP contribution < -0.4 is 10.6 Å². The molecule has 0 aromatic rings. The molecule has 4 fully saturated rings. The van der Waals surface area contributed by atoms with Crippen molar-refractivity contribution in [3.63, 3.8) is 0 Å². The van der Waals surface area contributed by atoms with Crippen molar-refractivity contribution in [3.8, 4) is 0 Å². The molecule has 4 heterocycles. The van der Waals surface area contributed by atoms with Crippen LogP contribution in [0.1, 0.15) is 20.3 Å². The van der Waals surface area contributed by atoms with Crippen molar-refractivity contribution in [2.75, 3.05) is 26.4 Å². The van der Waals surface area contributed by atoms with E-state index >= 15 is 0 Å². The molecule has 4 saturated heterocycles. The lowest BCUT2D eigenvalue weighted by atomic mass is 9.88. The first-order valence-electron chi connectivity index (χ1n) is 17.7. The minimum atomic E-state index is -3.12. The number of carboxylic acid groups (broad SMARTS) is 1. The molecule has 0 radical (unpaired) electrons. The fourth-order valence-corrected chi connectivity index (χ4v) is 7.04. The van der Waals surface area contributed by atoms with Crippen LogP contribution in [-0.2, 0) is 47.5 Å². The second kappa shape index (κ2) is 19.8. The van der Waals surface area contributed by atoms with Crippen molar-refractivity contribution in [3.05, 3.63) is 0 Å². The van der Waals surface area contributed by atoms with Gasteiger partial charge in [-0.1, -0.05) is 0 Å². The molecule has 330 valence electrons. The van der Waals surface area contributed by atoms with Crippen molar-refractivity contribution in [1.29, 1.82) is 0 Å². The molecule has 4 rings (SSSR count). The van der Waals surface area contributed by atoms with E-state index in [1.807, 2.05) is 0 Å². The van der Waals surface area contributed by atoms with Crippen molar-refractivity contribution in [2.45, 2.75) is 149 Å². The van der Waals surface area contributed by atoms with Crippen LogP contribution in [0.4, 0.5) is 0 Å². The highest BCUT2D eigenvalue weighted by molar-refractivity contribution is 5.76. The van der Waals surface area contributed by atoms with E-state index in [-0.39, 0.29) is 0 Å². The largest absolute Gasteiger partial charge is 0.477 e. The fraction of sp³-hybridized carbons (Fsp3) is 0.903. The Morgan fingerprint density at radius 1 is 0.684 bits per heavy atom. The Morgan fingerprint density at radius 3 is 1.77 bits per heavy atom. The second-order valence-electron chi connectivity index (χ2n) is 14.0. The lowest BCUT2D eigenvalue weighted by Crippen LogP contribution is -2.71. The van der Waals surface area contributed by atoms with E-state index in [4.69, 9.17) is 33.2 Å². The first kappa shape index (κ1) is 47.3. The Hall–Kier alpha value is -2.39. The molecule has 0 aliphatic carbocycles. The highest BCUT2D eigenvalue weighted by Gasteiger charge is 2.60. The number of aliphatic carboxylic acids is 1. The Morgan fingerprint density at radius 2 is 1.23 bits per heavy atom. The number of hydrogen-bond acceptors (Lipinski definition) is 23. The topological polar surface area (TPSA) is 423 Å². The first-order valence-corrected chi connectivity index (χ1v) is 17.7. The van der Waals surface area contributed by atoms with Crippen LogP contribution >= 0.6 is 0 Å². The molecule has 0 saturated carbocycles. The minimum Gasteiger partial charge on any atom is -0.477 e. The van der Waals surface area contributed by atoms with E-state index in [9.17, 15) is 85.9 Å². The molecule has 26 heteroatoms. The monoisotopic (exact) mass is 836 g/mol. The molecule has 57 heavy (non-hydrogen) atoms. The third-order valence-electron chi connectivity index (χ3n) is 9.98. The van der Waals surface area contributed by atoms with Gasteiger partial charge in [-0.2, -0.15) is 0 Å². The van der Waals surface area contributed by atoms with Gasteiger partial charge >= 0.3 is 5.97 Å². The van der Waals surface area contributed by atoms with Gasteiger partial charge in [0.25, 0.3) is 5.79 Å². The maximum absolute atomic E-state index is 12.8.